The molecule has 27 heavy (non-hydrogen) atoms. The third-order valence-electron chi connectivity index (χ3n) is 4.91. The first kappa shape index (κ1) is 20.0. The summed E-state index contributed by atoms with van der Waals surface area (Å²) in [5.41, 5.74) is 0.771. The number of hydrogen-bond donors (Lipinski definition) is 1. The smallest absolute Gasteiger partial charge is 0.263 e. The predicted molar refractivity (Wildman–Crippen MR) is 113 cm³/mol. The number of aromatic nitrogens is 2. The number of fused-ring (bicyclic) bond motifs is 1. The van der Waals surface area contributed by atoms with Crippen LogP contribution in [0.1, 0.15) is 12.8 Å². The van der Waals surface area contributed by atoms with Crippen LogP contribution < -0.4 is 10.9 Å². The van der Waals surface area contributed by atoms with Crippen LogP contribution in [-0.4, -0.2) is 46.5 Å². The SMILES string of the molecule is CNC1CCN(C(=O)Cn2cnc3scc(-c4cccs4)c3c2=O)CC1.Cl. The molecular weight excluding hydrogens is 404 g/mol. The Morgan fingerprint density at radius 2 is 2.11 bits per heavy atom. The number of hydrogen-bond acceptors (Lipinski definition) is 6. The summed E-state index contributed by atoms with van der Waals surface area (Å²) in [6.45, 7) is 1.51. The van der Waals surface area contributed by atoms with Gasteiger partial charge in [0.2, 0.25) is 5.91 Å². The highest BCUT2D eigenvalue weighted by Gasteiger charge is 2.23. The zero-order valence-corrected chi connectivity index (χ0v) is 17.3. The Morgan fingerprint density at radius 1 is 1.33 bits per heavy atom. The molecule has 4 rings (SSSR count). The Balaban J connectivity index is 0.00000210. The first-order valence-electron chi connectivity index (χ1n) is 8.63. The predicted octanol–water partition coefficient (Wildman–Crippen LogP) is 2.82. The molecule has 9 heteroatoms. The summed E-state index contributed by atoms with van der Waals surface area (Å²) in [4.78, 5) is 33.6. The van der Waals surface area contributed by atoms with Crippen LogP contribution in [0.5, 0.6) is 0 Å². The minimum absolute atomic E-state index is 0. The zero-order chi connectivity index (χ0) is 18.1. The number of carbonyl (C=O) groups excluding carboxylic acids is 1. The summed E-state index contributed by atoms with van der Waals surface area (Å²) in [5, 5.41) is 7.83. The standard InChI is InChI=1S/C18H20N4O2S2.ClH/c1-19-12-4-6-21(7-5-12)15(23)9-22-11-20-17-16(18(22)24)13(10-26-17)14-3-2-8-25-14;/h2-3,8,10-12,19H,4-7,9H2,1H3;1H. The van der Waals surface area contributed by atoms with Gasteiger partial charge in [-0.05, 0) is 31.3 Å². The second-order valence-corrected chi connectivity index (χ2v) is 8.23. The molecule has 4 heterocycles. The van der Waals surface area contributed by atoms with Crippen molar-refractivity contribution in [3.63, 3.8) is 0 Å². The molecule has 0 spiro atoms. The lowest BCUT2D eigenvalue weighted by Crippen LogP contribution is -2.45. The zero-order valence-electron chi connectivity index (χ0n) is 14.9. The molecule has 1 amide bonds. The van der Waals surface area contributed by atoms with Gasteiger partial charge in [0.15, 0.2) is 0 Å². The van der Waals surface area contributed by atoms with E-state index in [2.05, 4.69) is 10.3 Å². The molecule has 3 aromatic rings. The van der Waals surface area contributed by atoms with Crippen molar-refractivity contribution in [3.8, 4) is 10.4 Å². The molecule has 1 aliphatic heterocycles. The summed E-state index contributed by atoms with van der Waals surface area (Å²) in [5.74, 6) is -0.0179. The number of carbonyl (C=O) groups is 1. The Hall–Kier alpha value is -1.74. The van der Waals surface area contributed by atoms with Gasteiger partial charge in [-0.2, -0.15) is 0 Å². The lowest BCUT2D eigenvalue weighted by molar-refractivity contribution is -0.133. The van der Waals surface area contributed by atoms with Crippen molar-refractivity contribution in [1.29, 1.82) is 0 Å². The second-order valence-electron chi connectivity index (χ2n) is 6.43. The highest BCUT2D eigenvalue weighted by molar-refractivity contribution is 7.18. The van der Waals surface area contributed by atoms with Gasteiger partial charge in [0.1, 0.15) is 11.4 Å². The van der Waals surface area contributed by atoms with Gasteiger partial charge in [-0.3, -0.25) is 14.2 Å². The van der Waals surface area contributed by atoms with E-state index in [1.807, 2.05) is 34.8 Å². The van der Waals surface area contributed by atoms with Crippen molar-refractivity contribution in [3.05, 3.63) is 39.6 Å². The summed E-state index contributed by atoms with van der Waals surface area (Å²) < 4.78 is 1.44. The summed E-state index contributed by atoms with van der Waals surface area (Å²) in [6.07, 6.45) is 3.39. The monoisotopic (exact) mass is 424 g/mol. The summed E-state index contributed by atoms with van der Waals surface area (Å²) in [7, 11) is 1.95. The molecule has 1 fully saturated rings. The van der Waals surface area contributed by atoms with Crippen LogP contribution in [0.4, 0.5) is 0 Å². The maximum Gasteiger partial charge on any atom is 0.263 e. The van der Waals surface area contributed by atoms with Crippen LogP contribution in [-0.2, 0) is 11.3 Å². The fourth-order valence-electron chi connectivity index (χ4n) is 3.36. The number of amides is 1. The van der Waals surface area contributed by atoms with E-state index in [1.54, 1.807) is 11.3 Å². The Morgan fingerprint density at radius 3 is 2.78 bits per heavy atom. The van der Waals surface area contributed by atoms with Gasteiger partial charge >= 0.3 is 0 Å². The van der Waals surface area contributed by atoms with Gasteiger partial charge in [-0.25, -0.2) is 4.98 Å². The summed E-state index contributed by atoms with van der Waals surface area (Å²) >= 11 is 3.06. The molecule has 0 aromatic carbocycles. The number of rotatable bonds is 4. The topological polar surface area (TPSA) is 67.2 Å². The maximum atomic E-state index is 13.0. The molecule has 0 atom stereocenters. The van der Waals surface area contributed by atoms with E-state index in [0.29, 0.717) is 11.4 Å². The summed E-state index contributed by atoms with van der Waals surface area (Å²) in [6, 6.07) is 4.44. The number of nitrogens with one attached hydrogen (secondary N) is 1. The minimum Gasteiger partial charge on any atom is -0.341 e. The molecule has 1 N–H and O–H groups in total. The Kier molecular flexibility index (Phi) is 6.31. The average Bonchev–Trinajstić information content (AvgIpc) is 3.33. The lowest BCUT2D eigenvalue weighted by Gasteiger charge is -2.31. The van der Waals surface area contributed by atoms with Crippen molar-refractivity contribution in [2.75, 3.05) is 20.1 Å². The number of nitrogens with zero attached hydrogens (tertiary/aromatic N) is 3. The second kappa shape index (κ2) is 8.52. The Bertz CT molecular complexity index is 975. The molecular formula is C18H21ClN4O2S2. The van der Waals surface area contributed by atoms with Crippen LogP contribution in [0, 0.1) is 0 Å². The molecule has 1 saturated heterocycles. The average molecular weight is 425 g/mol. The molecule has 0 saturated carbocycles. The molecule has 144 valence electrons. The largest absolute Gasteiger partial charge is 0.341 e. The van der Waals surface area contributed by atoms with E-state index in [4.69, 9.17) is 0 Å². The van der Waals surface area contributed by atoms with Crippen molar-refractivity contribution in [2.45, 2.75) is 25.4 Å². The third-order valence-corrected chi connectivity index (χ3v) is 6.70. The molecule has 3 aromatic heterocycles. The quantitative estimate of drug-likeness (QED) is 0.699. The number of thiophene rings is 2. The lowest BCUT2D eigenvalue weighted by atomic mass is 10.1. The third kappa shape index (κ3) is 3.94. The van der Waals surface area contributed by atoms with Crippen molar-refractivity contribution >= 4 is 51.2 Å². The van der Waals surface area contributed by atoms with E-state index < -0.39 is 0 Å². The fraction of sp³-hybridized carbons (Fsp3) is 0.389. The minimum atomic E-state index is -0.141. The van der Waals surface area contributed by atoms with E-state index >= 15 is 0 Å². The number of likely N-dealkylation sites (tertiary alicyclic amines) is 1. The first-order chi connectivity index (χ1) is 12.7. The fourth-order valence-corrected chi connectivity index (χ4v) is 5.08. The van der Waals surface area contributed by atoms with Gasteiger partial charge in [0.05, 0.1) is 11.7 Å². The van der Waals surface area contributed by atoms with Crippen molar-refractivity contribution < 1.29 is 4.79 Å². The van der Waals surface area contributed by atoms with Gasteiger partial charge in [-0.15, -0.1) is 35.1 Å². The van der Waals surface area contributed by atoms with Crippen LogP contribution in [0.2, 0.25) is 0 Å². The normalized spacial score (nSPS) is 15.1. The molecule has 0 unspecified atom stereocenters. The van der Waals surface area contributed by atoms with Gasteiger partial charge < -0.3 is 10.2 Å². The Labute approximate surface area is 171 Å². The van der Waals surface area contributed by atoms with Gasteiger partial charge in [0.25, 0.3) is 5.56 Å². The highest BCUT2D eigenvalue weighted by atomic mass is 35.5. The van der Waals surface area contributed by atoms with E-state index in [1.165, 1.54) is 22.2 Å². The van der Waals surface area contributed by atoms with E-state index in [9.17, 15) is 9.59 Å². The van der Waals surface area contributed by atoms with Crippen LogP contribution in [0.15, 0.2) is 34.0 Å². The maximum absolute atomic E-state index is 13.0. The van der Waals surface area contributed by atoms with Gasteiger partial charge in [0, 0.05) is 35.0 Å². The first-order valence-corrected chi connectivity index (χ1v) is 10.4. The molecule has 1 aliphatic rings. The molecule has 0 radical (unpaired) electrons. The van der Waals surface area contributed by atoms with Crippen molar-refractivity contribution in [1.82, 2.24) is 19.8 Å². The number of halogens is 1. The van der Waals surface area contributed by atoms with Gasteiger partial charge in [-0.1, -0.05) is 6.07 Å². The van der Waals surface area contributed by atoms with Crippen LogP contribution in [0.25, 0.3) is 20.7 Å². The molecule has 6 nitrogen and oxygen atoms in total. The van der Waals surface area contributed by atoms with Crippen molar-refractivity contribution in [2.24, 2.45) is 0 Å². The highest BCUT2D eigenvalue weighted by Crippen LogP contribution is 2.33. The van der Waals surface area contributed by atoms with Crippen LogP contribution in [0.3, 0.4) is 0 Å². The van der Waals surface area contributed by atoms with E-state index in [-0.39, 0.29) is 30.4 Å². The number of piperidine rings is 1. The van der Waals surface area contributed by atoms with E-state index in [0.717, 1.165) is 41.2 Å². The van der Waals surface area contributed by atoms with Crippen LogP contribution >= 0.6 is 35.1 Å². The molecule has 0 aliphatic carbocycles. The molecule has 0 bridgehead atoms.